The van der Waals surface area contributed by atoms with Crippen LogP contribution in [0, 0.1) is 0 Å². The zero-order valence-corrected chi connectivity index (χ0v) is 8.34. The van der Waals surface area contributed by atoms with Gasteiger partial charge in [-0.2, -0.15) is 5.10 Å². The minimum atomic E-state index is -0.883. The Hall–Kier alpha value is -1.47. The molecule has 0 aliphatic heterocycles. The van der Waals surface area contributed by atoms with E-state index in [-0.39, 0.29) is 13.2 Å². The molecular weight excluding hydrogens is 202 g/mol. The Morgan fingerprint density at radius 1 is 1.67 bits per heavy atom. The molecule has 2 N–H and O–H groups in total. The van der Waals surface area contributed by atoms with Crippen molar-refractivity contribution >= 4 is 0 Å². The molecule has 1 unspecified atom stereocenters. The van der Waals surface area contributed by atoms with Crippen LogP contribution >= 0.6 is 0 Å². The summed E-state index contributed by atoms with van der Waals surface area (Å²) in [5, 5.41) is 14.9. The Balaban J connectivity index is 2.72. The van der Waals surface area contributed by atoms with Gasteiger partial charge in [0.15, 0.2) is 0 Å². The summed E-state index contributed by atoms with van der Waals surface area (Å²) in [6, 6.07) is 0. The van der Waals surface area contributed by atoms with Crippen LogP contribution in [0.2, 0.25) is 0 Å². The fourth-order valence-corrected chi connectivity index (χ4v) is 1.06. The number of ether oxygens (including phenoxy) is 1. The lowest BCUT2D eigenvalue weighted by molar-refractivity contribution is 0.0322. The lowest BCUT2D eigenvalue weighted by Gasteiger charge is -2.10. The number of aliphatic hydroxyl groups excluding tert-OH is 1. The summed E-state index contributed by atoms with van der Waals surface area (Å²) in [4.78, 5) is 22.3. The second-order valence-corrected chi connectivity index (χ2v) is 2.94. The highest BCUT2D eigenvalue weighted by molar-refractivity contribution is 4.74. The van der Waals surface area contributed by atoms with Gasteiger partial charge >= 0.3 is 5.69 Å². The van der Waals surface area contributed by atoms with E-state index in [0.29, 0.717) is 6.61 Å². The molecule has 0 fully saturated rings. The van der Waals surface area contributed by atoms with Gasteiger partial charge in [-0.1, -0.05) is 0 Å². The smallest absolute Gasteiger partial charge is 0.344 e. The Morgan fingerprint density at radius 3 is 3.00 bits per heavy atom. The topological polar surface area (TPSA) is 97.2 Å². The standard InChI is InChI=1S/C8H13N3O4/c1-2-15-5-6(12)4-11-7(13)3-9-10-8(11)14/h3,6,12H,2,4-5H2,1H3,(H,10,14). The van der Waals surface area contributed by atoms with Crippen LogP contribution in [0.5, 0.6) is 0 Å². The quantitative estimate of drug-likeness (QED) is 0.612. The van der Waals surface area contributed by atoms with Crippen LogP contribution in [0.3, 0.4) is 0 Å². The third-order valence-electron chi connectivity index (χ3n) is 1.75. The molecule has 0 amide bonds. The van der Waals surface area contributed by atoms with E-state index in [1.54, 1.807) is 6.92 Å². The van der Waals surface area contributed by atoms with Gasteiger partial charge < -0.3 is 9.84 Å². The van der Waals surface area contributed by atoms with E-state index in [4.69, 9.17) is 4.74 Å². The molecule has 1 atom stereocenters. The van der Waals surface area contributed by atoms with Crippen molar-refractivity contribution in [3.05, 3.63) is 27.0 Å². The summed E-state index contributed by atoms with van der Waals surface area (Å²) in [6.45, 7) is 2.25. The van der Waals surface area contributed by atoms with Gasteiger partial charge in [-0.05, 0) is 6.92 Å². The fourth-order valence-electron chi connectivity index (χ4n) is 1.06. The van der Waals surface area contributed by atoms with E-state index in [9.17, 15) is 14.7 Å². The monoisotopic (exact) mass is 215 g/mol. The Morgan fingerprint density at radius 2 is 2.40 bits per heavy atom. The second kappa shape index (κ2) is 5.42. The number of rotatable bonds is 5. The van der Waals surface area contributed by atoms with Crippen LogP contribution in [0.1, 0.15) is 6.92 Å². The third kappa shape index (κ3) is 3.30. The minimum Gasteiger partial charge on any atom is -0.389 e. The lowest BCUT2D eigenvalue weighted by atomic mass is 10.4. The van der Waals surface area contributed by atoms with Gasteiger partial charge in [0.1, 0.15) is 6.20 Å². The number of aromatic amines is 1. The fraction of sp³-hybridized carbons (Fsp3) is 0.625. The van der Waals surface area contributed by atoms with Crippen molar-refractivity contribution in [3.63, 3.8) is 0 Å². The largest absolute Gasteiger partial charge is 0.389 e. The summed E-state index contributed by atoms with van der Waals surface area (Å²) >= 11 is 0. The Kier molecular flexibility index (Phi) is 4.19. The zero-order chi connectivity index (χ0) is 11.3. The van der Waals surface area contributed by atoms with Crippen molar-refractivity contribution in [3.8, 4) is 0 Å². The number of H-pyrrole nitrogens is 1. The molecule has 0 aliphatic rings. The van der Waals surface area contributed by atoms with Crippen molar-refractivity contribution < 1.29 is 9.84 Å². The van der Waals surface area contributed by atoms with Crippen LogP contribution in [0.15, 0.2) is 15.8 Å². The molecule has 84 valence electrons. The highest BCUT2D eigenvalue weighted by Gasteiger charge is 2.08. The molecule has 1 aromatic heterocycles. The first-order chi connectivity index (χ1) is 7.15. The molecule has 7 nitrogen and oxygen atoms in total. The van der Waals surface area contributed by atoms with E-state index in [0.717, 1.165) is 10.8 Å². The third-order valence-corrected chi connectivity index (χ3v) is 1.75. The first-order valence-corrected chi connectivity index (χ1v) is 4.55. The molecule has 7 heteroatoms. The van der Waals surface area contributed by atoms with Crippen LogP contribution in [0.4, 0.5) is 0 Å². The van der Waals surface area contributed by atoms with E-state index >= 15 is 0 Å². The maximum absolute atomic E-state index is 11.2. The normalized spacial score (nSPS) is 12.7. The zero-order valence-electron chi connectivity index (χ0n) is 8.34. The van der Waals surface area contributed by atoms with Gasteiger partial charge in [-0.15, -0.1) is 0 Å². The molecular formula is C8H13N3O4. The molecule has 0 bridgehead atoms. The predicted molar refractivity (Wildman–Crippen MR) is 51.6 cm³/mol. The average Bonchev–Trinajstić information content (AvgIpc) is 2.21. The number of nitrogens with zero attached hydrogens (tertiary/aromatic N) is 2. The van der Waals surface area contributed by atoms with Gasteiger partial charge in [0, 0.05) is 6.61 Å². The minimum absolute atomic E-state index is 0.0880. The highest BCUT2D eigenvalue weighted by Crippen LogP contribution is 1.87. The van der Waals surface area contributed by atoms with E-state index in [2.05, 4.69) is 10.2 Å². The van der Waals surface area contributed by atoms with Crippen LogP contribution in [-0.2, 0) is 11.3 Å². The first-order valence-electron chi connectivity index (χ1n) is 4.55. The highest BCUT2D eigenvalue weighted by atomic mass is 16.5. The maximum Gasteiger partial charge on any atom is 0.344 e. The van der Waals surface area contributed by atoms with Crippen LogP contribution in [-0.4, -0.2) is 39.2 Å². The lowest BCUT2D eigenvalue weighted by Crippen LogP contribution is -2.39. The summed E-state index contributed by atoms with van der Waals surface area (Å²) < 4.78 is 5.83. The first kappa shape index (κ1) is 11.6. The Labute approximate surface area is 85.3 Å². The van der Waals surface area contributed by atoms with E-state index in [1.165, 1.54) is 0 Å². The summed E-state index contributed by atoms with van der Waals surface area (Å²) in [5.41, 5.74) is -1.19. The average molecular weight is 215 g/mol. The van der Waals surface area contributed by atoms with Crippen molar-refractivity contribution in [2.45, 2.75) is 19.6 Å². The SMILES string of the molecule is CCOCC(O)Cn1c(=O)cn[nH]c1=O. The second-order valence-electron chi connectivity index (χ2n) is 2.94. The molecule has 0 radical (unpaired) electrons. The number of hydrogen-bond acceptors (Lipinski definition) is 5. The molecule has 0 saturated carbocycles. The van der Waals surface area contributed by atoms with Gasteiger partial charge in [0.05, 0.1) is 19.3 Å². The van der Waals surface area contributed by atoms with E-state index in [1.807, 2.05) is 0 Å². The van der Waals surface area contributed by atoms with Crippen LogP contribution in [0.25, 0.3) is 0 Å². The van der Waals surface area contributed by atoms with Gasteiger partial charge in [-0.3, -0.25) is 9.36 Å². The predicted octanol–water partition coefficient (Wildman–Crippen LogP) is -1.67. The molecule has 1 rings (SSSR count). The van der Waals surface area contributed by atoms with Crippen LogP contribution < -0.4 is 11.2 Å². The van der Waals surface area contributed by atoms with Crippen molar-refractivity contribution in [1.82, 2.24) is 14.8 Å². The molecule has 0 spiro atoms. The number of aliphatic hydroxyl groups is 1. The summed E-state index contributed by atoms with van der Waals surface area (Å²) in [6.07, 6.45) is 0.0978. The molecule has 0 aromatic carbocycles. The Bertz CT molecular complexity index is 383. The summed E-state index contributed by atoms with van der Waals surface area (Å²) in [5.74, 6) is 0. The summed E-state index contributed by atoms with van der Waals surface area (Å²) in [7, 11) is 0. The molecule has 1 aromatic rings. The maximum atomic E-state index is 11.2. The number of nitrogens with one attached hydrogen (secondary N) is 1. The molecule has 0 saturated heterocycles. The molecule has 15 heavy (non-hydrogen) atoms. The molecule has 0 aliphatic carbocycles. The van der Waals surface area contributed by atoms with Crippen molar-refractivity contribution in [1.29, 1.82) is 0 Å². The van der Waals surface area contributed by atoms with Gasteiger partial charge in [0.2, 0.25) is 0 Å². The number of hydrogen-bond donors (Lipinski definition) is 2. The van der Waals surface area contributed by atoms with E-state index < -0.39 is 17.4 Å². The van der Waals surface area contributed by atoms with Crippen molar-refractivity contribution in [2.24, 2.45) is 0 Å². The van der Waals surface area contributed by atoms with Crippen molar-refractivity contribution in [2.75, 3.05) is 13.2 Å². The number of aromatic nitrogens is 3. The molecule has 1 heterocycles. The van der Waals surface area contributed by atoms with Gasteiger partial charge in [0.25, 0.3) is 5.56 Å². The van der Waals surface area contributed by atoms with Gasteiger partial charge in [-0.25, -0.2) is 9.89 Å².